The second-order valence-electron chi connectivity index (χ2n) is 6.52. The van der Waals surface area contributed by atoms with E-state index in [1.165, 1.54) is 0 Å². The Labute approximate surface area is 182 Å². The number of thioether (sulfide) groups is 1. The van der Waals surface area contributed by atoms with Crippen LogP contribution in [0.1, 0.15) is 30.1 Å². The summed E-state index contributed by atoms with van der Waals surface area (Å²) in [6.45, 7) is 2.58. The first-order chi connectivity index (χ1) is 14.5. The van der Waals surface area contributed by atoms with E-state index in [0.717, 1.165) is 24.6 Å². The van der Waals surface area contributed by atoms with Crippen molar-refractivity contribution in [2.24, 2.45) is 0 Å². The van der Waals surface area contributed by atoms with E-state index < -0.39 is 11.8 Å². The summed E-state index contributed by atoms with van der Waals surface area (Å²) >= 11 is 6.96. The summed E-state index contributed by atoms with van der Waals surface area (Å²) in [6, 6.07) is 13.5. The van der Waals surface area contributed by atoms with Gasteiger partial charge in [-0.25, -0.2) is 4.98 Å². The molecule has 7 nitrogen and oxygen atoms in total. The predicted molar refractivity (Wildman–Crippen MR) is 119 cm³/mol. The Morgan fingerprint density at radius 1 is 1.10 bits per heavy atom. The zero-order valence-electron chi connectivity index (χ0n) is 16.4. The van der Waals surface area contributed by atoms with Gasteiger partial charge in [0, 0.05) is 17.1 Å². The molecule has 0 atom stereocenters. The molecule has 0 fully saturated rings. The number of rotatable bonds is 7. The lowest BCUT2D eigenvalue weighted by molar-refractivity contribution is -0.119. The van der Waals surface area contributed by atoms with Gasteiger partial charge in [0.2, 0.25) is 5.91 Å². The molecule has 0 aliphatic carbocycles. The van der Waals surface area contributed by atoms with Gasteiger partial charge in [0.05, 0.1) is 16.7 Å². The Morgan fingerprint density at radius 2 is 1.83 bits per heavy atom. The average molecular weight is 445 g/mol. The summed E-state index contributed by atoms with van der Waals surface area (Å²) in [4.78, 5) is 41.7. The van der Waals surface area contributed by atoms with Gasteiger partial charge < -0.3 is 0 Å². The molecule has 0 bridgehead atoms. The third-order valence-corrected chi connectivity index (χ3v) is 5.54. The van der Waals surface area contributed by atoms with Crippen LogP contribution in [-0.2, 0) is 11.3 Å². The molecule has 0 radical (unpaired) electrons. The van der Waals surface area contributed by atoms with Gasteiger partial charge in [-0.2, -0.15) is 0 Å². The summed E-state index contributed by atoms with van der Waals surface area (Å²) in [5, 5.41) is 1.55. The summed E-state index contributed by atoms with van der Waals surface area (Å²) in [7, 11) is 0. The smallest absolute Gasteiger partial charge is 0.269 e. The highest BCUT2D eigenvalue weighted by Gasteiger charge is 2.13. The Hall–Kier alpha value is -2.84. The topological polar surface area (TPSA) is 93.1 Å². The third kappa shape index (κ3) is 5.40. The number of amides is 2. The van der Waals surface area contributed by atoms with Crippen molar-refractivity contribution in [3.63, 3.8) is 0 Å². The zero-order valence-corrected chi connectivity index (χ0v) is 17.9. The molecule has 2 aromatic carbocycles. The number of hydrazine groups is 1. The monoisotopic (exact) mass is 444 g/mol. The van der Waals surface area contributed by atoms with Crippen LogP contribution < -0.4 is 16.4 Å². The number of carbonyl (C=O) groups excluding carboxylic acids is 2. The fraction of sp³-hybridized carbons (Fsp3) is 0.238. The van der Waals surface area contributed by atoms with E-state index >= 15 is 0 Å². The number of benzene rings is 2. The number of carbonyl (C=O) groups is 2. The van der Waals surface area contributed by atoms with E-state index in [9.17, 15) is 14.4 Å². The molecule has 0 saturated carbocycles. The van der Waals surface area contributed by atoms with Gasteiger partial charge in [0.15, 0.2) is 5.16 Å². The molecule has 0 spiro atoms. The molecule has 156 valence electrons. The summed E-state index contributed by atoms with van der Waals surface area (Å²) in [6.07, 6.45) is 1.76. The number of fused-ring (bicyclic) bond motifs is 1. The average Bonchev–Trinajstić information content (AvgIpc) is 2.76. The predicted octanol–water partition coefficient (Wildman–Crippen LogP) is 3.40. The van der Waals surface area contributed by atoms with Crippen LogP contribution in [0.25, 0.3) is 10.9 Å². The van der Waals surface area contributed by atoms with Crippen LogP contribution >= 0.6 is 23.4 Å². The number of hydrogen-bond acceptors (Lipinski definition) is 5. The molecule has 1 aromatic heterocycles. The SMILES string of the molecule is CCCCn1c(SCC(=O)NNC(=O)c2ccc(Cl)cc2)nc2ccccc2c1=O. The fourth-order valence-electron chi connectivity index (χ4n) is 2.74. The van der Waals surface area contributed by atoms with Crippen molar-refractivity contribution in [2.75, 3.05) is 5.75 Å². The van der Waals surface area contributed by atoms with E-state index in [2.05, 4.69) is 15.8 Å². The molecule has 2 amide bonds. The van der Waals surface area contributed by atoms with Crippen molar-refractivity contribution in [3.8, 4) is 0 Å². The molecule has 3 aromatic rings. The van der Waals surface area contributed by atoms with Crippen molar-refractivity contribution < 1.29 is 9.59 Å². The van der Waals surface area contributed by atoms with Gasteiger partial charge in [-0.1, -0.05) is 48.8 Å². The molecule has 3 rings (SSSR count). The minimum Gasteiger partial charge on any atom is -0.287 e. The number of hydrogen-bond donors (Lipinski definition) is 2. The lowest BCUT2D eigenvalue weighted by atomic mass is 10.2. The standard InChI is InChI=1S/C21H21ClN4O3S/c1-2-3-12-26-20(29)16-6-4-5-7-17(16)23-21(26)30-13-18(27)24-25-19(28)14-8-10-15(22)11-9-14/h4-11H,2-3,12-13H2,1H3,(H,24,27)(H,25,28). The lowest BCUT2D eigenvalue weighted by Gasteiger charge is -2.13. The molecule has 0 saturated heterocycles. The minimum absolute atomic E-state index is 0.00218. The zero-order chi connectivity index (χ0) is 21.5. The summed E-state index contributed by atoms with van der Waals surface area (Å²) in [5.41, 5.74) is 5.58. The second kappa shape index (κ2) is 10.3. The first kappa shape index (κ1) is 21.9. The fourth-order valence-corrected chi connectivity index (χ4v) is 3.69. The Balaban J connectivity index is 1.66. The Kier molecular flexibility index (Phi) is 7.48. The highest BCUT2D eigenvalue weighted by Crippen LogP contribution is 2.18. The molecule has 30 heavy (non-hydrogen) atoms. The van der Waals surface area contributed by atoms with Gasteiger partial charge in [-0.05, 0) is 42.8 Å². The maximum atomic E-state index is 12.8. The van der Waals surface area contributed by atoms with Crippen LogP contribution in [0.5, 0.6) is 0 Å². The maximum Gasteiger partial charge on any atom is 0.269 e. The van der Waals surface area contributed by atoms with Crippen LogP contribution in [0.15, 0.2) is 58.5 Å². The molecular weight excluding hydrogens is 424 g/mol. The molecule has 0 aliphatic rings. The van der Waals surface area contributed by atoms with Gasteiger partial charge in [0.25, 0.3) is 11.5 Å². The second-order valence-corrected chi connectivity index (χ2v) is 7.90. The number of aromatic nitrogens is 2. The highest BCUT2D eigenvalue weighted by atomic mass is 35.5. The number of nitrogens with one attached hydrogen (secondary N) is 2. The van der Waals surface area contributed by atoms with E-state index in [0.29, 0.717) is 33.2 Å². The van der Waals surface area contributed by atoms with Gasteiger partial charge in [-0.15, -0.1) is 0 Å². The summed E-state index contributed by atoms with van der Waals surface area (Å²) in [5.74, 6) is -0.863. The molecule has 2 N–H and O–H groups in total. The van der Waals surface area contributed by atoms with Crippen molar-refractivity contribution in [1.29, 1.82) is 0 Å². The van der Waals surface area contributed by atoms with E-state index in [1.54, 1.807) is 47.0 Å². The Bertz CT molecular complexity index is 1120. The van der Waals surface area contributed by atoms with Crippen molar-refractivity contribution >= 4 is 46.1 Å². The number of unbranched alkanes of at least 4 members (excludes halogenated alkanes) is 1. The molecule has 1 heterocycles. The van der Waals surface area contributed by atoms with E-state index in [1.807, 2.05) is 13.0 Å². The minimum atomic E-state index is -0.450. The van der Waals surface area contributed by atoms with Crippen LogP contribution in [0.3, 0.4) is 0 Å². The van der Waals surface area contributed by atoms with Gasteiger partial charge in [-0.3, -0.25) is 29.8 Å². The third-order valence-electron chi connectivity index (χ3n) is 4.32. The van der Waals surface area contributed by atoms with Crippen LogP contribution in [0, 0.1) is 0 Å². The number of nitrogens with zero attached hydrogens (tertiary/aromatic N) is 2. The largest absolute Gasteiger partial charge is 0.287 e. The quantitative estimate of drug-likeness (QED) is 0.331. The Morgan fingerprint density at radius 3 is 2.57 bits per heavy atom. The summed E-state index contributed by atoms with van der Waals surface area (Å²) < 4.78 is 1.61. The van der Waals surface area contributed by atoms with Gasteiger partial charge in [0.1, 0.15) is 0 Å². The molecule has 0 aliphatic heterocycles. The van der Waals surface area contributed by atoms with Crippen molar-refractivity contribution in [3.05, 3.63) is 69.5 Å². The highest BCUT2D eigenvalue weighted by molar-refractivity contribution is 7.99. The van der Waals surface area contributed by atoms with E-state index in [4.69, 9.17) is 11.6 Å². The number of para-hydroxylation sites is 1. The number of halogens is 1. The van der Waals surface area contributed by atoms with Crippen LogP contribution in [0.4, 0.5) is 0 Å². The lowest BCUT2D eigenvalue weighted by Crippen LogP contribution is -2.42. The van der Waals surface area contributed by atoms with E-state index in [-0.39, 0.29) is 11.3 Å². The van der Waals surface area contributed by atoms with Crippen LogP contribution in [-0.4, -0.2) is 27.1 Å². The first-order valence-corrected chi connectivity index (χ1v) is 10.8. The van der Waals surface area contributed by atoms with Gasteiger partial charge >= 0.3 is 0 Å². The normalized spacial score (nSPS) is 10.7. The van der Waals surface area contributed by atoms with Crippen molar-refractivity contribution in [2.45, 2.75) is 31.5 Å². The molecule has 9 heteroatoms. The van der Waals surface area contributed by atoms with Crippen molar-refractivity contribution in [1.82, 2.24) is 20.4 Å². The molecular formula is C21H21ClN4O3S. The maximum absolute atomic E-state index is 12.8. The van der Waals surface area contributed by atoms with Crippen LogP contribution in [0.2, 0.25) is 5.02 Å². The molecule has 0 unspecified atom stereocenters. The first-order valence-electron chi connectivity index (χ1n) is 9.46.